The topological polar surface area (TPSA) is 64.4 Å². The number of hydrogen-bond donors (Lipinski definition) is 1. The van der Waals surface area contributed by atoms with Crippen LogP contribution in [-0.2, 0) is 11.3 Å². The fraction of sp³-hybridized carbons (Fsp3) is 0.167. The van der Waals surface area contributed by atoms with E-state index in [2.05, 4.69) is 24.1 Å². The van der Waals surface area contributed by atoms with Gasteiger partial charge in [-0.2, -0.15) is 0 Å². The maximum atomic E-state index is 12.0. The molecule has 0 radical (unpaired) electrons. The van der Waals surface area contributed by atoms with Crippen LogP contribution in [0.15, 0.2) is 65.1 Å². The molecule has 1 amide bonds. The largest absolute Gasteiger partial charge is 0.484 e. The molecule has 0 spiro atoms. The minimum Gasteiger partial charge on any atom is -0.484 e. The standard InChI is InChI=1S/C24H21ClN2O3/c1-15-11-21-22(12-16(15)2)30-24(27-21)18-5-3-17(4-6-18)13-26-23(28)14-29-20-9-7-19(25)8-10-20/h3-12H,13-14H2,1-2H3,(H,26,28). The van der Waals surface area contributed by atoms with Gasteiger partial charge in [-0.25, -0.2) is 4.98 Å². The molecule has 6 heteroatoms. The molecule has 152 valence electrons. The Hall–Kier alpha value is -3.31. The average Bonchev–Trinajstić information content (AvgIpc) is 3.15. The zero-order valence-corrected chi connectivity index (χ0v) is 17.5. The van der Waals surface area contributed by atoms with Crippen molar-refractivity contribution >= 4 is 28.6 Å². The highest BCUT2D eigenvalue weighted by molar-refractivity contribution is 6.30. The summed E-state index contributed by atoms with van der Waals surface area (Å²) in [7, 11) is 0. The van der Waals surface area contributed by atoms with Crippen LogP contribution in [0.5, 0.6) is 5.75 Å². The van der Waals surface area contributed by atoms with E-state index in [9.17, 15) is 4.79 Å². The zero-order chi connectivity index (χ0) is 21.1. The number of fused-ring (bicyclic) bond motifs is 1. The lowest BCUT2D eigenvalue weighted by Gasteiger charge is -2.08. The quantitative estimate of drug-likeness (QED) is 0.449. The summed E-state index contributed by atoms with van der Waals surface area (Å²) in [6.07, 6.45) is 0. The van der Waals surface area contributed by atoms with Crippen molar-refractivity contribution in [3.05, 3.63) is 82.4 Å². The molecule has 30 heavy (non-hydrogen) atoms. The number of ether oxygens (including phenoxy) is 1. The van der Waals surface area contributed by atoms with Gasteiger partial charge in [0.15, 0.2) is 12.2 Å². The first-order chi connectivity index (χ1) is 14.5. The predicted octanol–water partition coefficient (Wildman–Crippen LogP) is 5.46. The normalized spacial score (nSPS) is 10.9. The molecule has 3 aromatic carbocycles. The van der Waals surface area contributed by atoms with Crippen LogP contribution in [0.3, 0.4) is 0 Å². The second-order valence-corrected chi connectivity index (χ2v) is 7.58. The van der Waals surface area contributed by atoms with Crippen molar-refractivity contribution in [3.8, 4) is 17.2 Å². The molecule has 0 bridgehead atoms. The molecule has 1 N–H and O–H groups in total. The summed E-state index contributed by atoms with van der Waals surface area (Å²) in [5.41, 5.74) is 5.86. The third kappa shape index (κ3) is 4.63. The van der Waals surface area contributed by atoms with E-state index in [1.807, 2.05) is 36.4 Å². The zero-order valence-electron chi connectivity index (χ0n) is 16.7. The van der Waals surface area contributed by atoms with Crippen LogP contribution in [0, 0.1) is 13.8 Å². The number of carbonyl (C=O) groups is 1. The van der Waals surface area contributed by atoms with Crippen LogP contribution < -0.4 is 10.1 Å². The van der Waals surface area contributed by atoms with Crippen LogP contribution >= 0.6 is 11.6 Å². The molecule has 4 aromatic rings. The Labute approximate surface area is 179 Å². The van der Waals surface area contributed by atoms with Crippen molar-refractivity contribution in [1.82, 2.24) is 10.3 Å². The molecule has 1 aromatic heterocycles. The van der Waals surface area contributed by atoms with Gasteiger partial charge < -0.3 is 14.5 Å². The molecule has 0 fully saturated rings. The average molecular weight is 421 g/mol. The summed E-state index contributed by atoms with van der Waals surface area (Å²) >= 11 is 5.83. The number of nitrogens with zero attached hydrogens (tertiary/aromatic N) is 1. The van der Waals surface area contributed by atoms with Crippen LogP contribution in [0.1, 0.15) is 16.7 Å². The summed E-state index contributed by atoms with van der Waals surface area (Å²) in [5.74, 6) is 0.989. The van der Waals surface area contributed by atoms with E-state index in [1.54, 1.807) is 24.3 Å². The van der Waals surface area contributed by atoms with Crippen LogP contribution in [-0.4, -0.2) is 17.5 Å². The molecule has 0 saturated heterocycles. The van der Waals surface area contributed by atoms with Gasteiger partial charge in [0.05, 0.1) is 0 Å². The summed E-state index contributed by atoms with van der Waals surface area (Å²) in [4.78, 5) is 16.6. The first-order valence-corrected chi connectivity index (χ1v) is 9.98. The lowest BCUT2D eigenvalue weighted by atomic mass is 10.1. The maximum Gasteiger partial charge on any atom is 0.258 e. The fourth-order valence-electron chi connectivity index (χ4n) is 3.00. The number of carbonyl (C=O) groups excluding carboxylic acids is 1. The number of benzene rings is 3. The SMILES string of the molecule is Cc1cc2nc(-c3ccc(CNC(=O)COc4ccc(Cl)cc4)cc3)oc2cc1C. The third-order valence-electron chi connectivity index (χ3n) is 4.88. The smallest absolute Gasteiger partial charge is 0.258 e. The van der Waals surface area contributed by atoms with Crippen molar-refractivity contribution in [2.75, 3.05) is 6.61 Å². The van der Waals surface area contributed by atoms with E-state index in [-0.39, 0.29) is 12.5 Å². The highest BCUT2D eigenvalue weighted by Crippen LogP contribution is 2.26. The Morgan fingerprint density at radius 2 is 1.73 bits per heavy atom. The molecule has 0 aliphatic heterocycles. The van der Waals surface area contributed by atoms with Gasteiger partial charge in [0.25, 0.3) is 5.91 Å². The van der Waals surface area contributed by atoms with Crippen LogP contribution in [0.4, 0.5) is 0 Å². The van der Waals surface area contributed by atoms with Crippen molar-refractivity contribution in [1.29, 1.82) is 0 Å². The van der Waals surface area contributed by atoms with E-state index in [0.717, 1.165) is 22.2 Å². The lowest BCUT2D eigenvalue weighted by Crippen LogP contribution is -2.28. The molecule has 0 aliphatic rings. The Kier molecular flexibility index (Phi) is 5.72. The van der Waals surface area contributed by atoms with E-state index < -0.39 is 0 Å². The molecule has 0 saturated carbocycles. The summed E-state index contributed by atoms with van der Waals surface area (Å²) in [6.45, 7) is 4.48. The summed E-state index contributed by atoms with van der Waals surface area (Å²) in [5, 5.41) is 3.47. The second kappa shape index (κ2) is 8.59. The Balaban J connectivity index is 1.34. The number of rotatable bonds is 6. The van der Waals surface area contributed by atoms with Crippen molar-refractivity contribution in [3.63, 3.8) is 0 Å². The van der Waals surface area contributed by atoms with Gasteiger partial charge in [-0.3, -0.25) is 4.79 Å². The fourth-order valence-corrected chi connectivity index (χ4v) is 3.13. The minimum atomic E-state index is -0.196. The molecule has 0 aliphatic carbocycles. The predicted molar refractivity (Wildman–Crippen MR) is 118 cm³/mol. The molecule has 1 heterocycles. The molecular weight excluding hydrogens is 400 g/mol. The molecule has 0 atom stereocenters. The Bertz CT molecular complexity index is 1140. The van der Waals surface area contributed by atoms with Gasteiger partial charge >= 0.3 is 0 Å². The van der Waals surface area contributed by atoms with E-state index in [4.69, 9.17) is 20.8 Å². The highest BCUT2D eigenvalue weighted by Gasteiger charge is 2.10. The number of hydrogen-bond acceptors (Lipinski definition) is 4. The lowest BCUT2D eigenvalue weighted by molar-refractivity contribution is -0.123. The van der Waals surface area contributed by atoms with E-state index in [0.29, 0.717) is 23.2 Å². The van der Waals surface area contributed by atoms with Crippen molar-refractivity contribution < 1.29 is 13.9 Å². The second-order valence-electron chi connectivity index (χ2n) is 7.14. The Morgan fingerprint density at radius 3 is 2.47 bits per heavy atom. The van der Waals surface area contributed by atoms with Gasteiger partial charge in [0.2, 0.25) is 5.89 Å². The van der Waals surface area contributed by atoms with E-state index >= 15 is 0 Å². The van der Waals surface area contributed by atoms with E-state index in [1.165, 1.54) is 11.1 Å². The van der Waals surface area contributed by atoms with Crippen LogP contribution in [0.25, 0.3) is 22.6 Å². The molecule has 5 nitrogen and oxygen atoms in total. The monoisotopic (exact) mass is 420 g/mol. The number of aromatic nitrogens is 1. The first-order valence-electron chi connectivity index (χ1n) is 9.60. The third-order valence-corrected chi connectivity index (χ3v) is 5.13. The minimum absolute atomic E-state index is 0.0541. The van der Waals surface area contributed by atoms with Gasteiger partial charge in [-0.05, 0) is 79.1 Å². The number of nitrogens with one attached hydrogen (secondary N) is 1. The highest BCUT2D eigenvalue weighted by atomic mass is 35.5. The first kappa shape index (κ1) is 20.0. The number of aryl methyl sites for hydroxylation is 2. The number of halogens is 1. The van der Waals surface area contributed by atoms with Gasteiger partial charge in [-0.15, -0.1) is 0 Å². The maximum absolute atomic E-state index is 12.0. The number of oxazole rings is 1. The van der Waals surface area contributed by atoms with Gasteiger partial charge in [0, 0.05) is 17.1 Å². The van der Waals surface area contributed by atoms with Gasteiger partial charge in [-0.1, -0.05) is 23.7 Å². The van der Waals surface area contributed by atoms with Crippen molar-refractivity contribution in [2.24, 2.45) is 0 Å². The summed E-state index contributed by atoms with van der Waals surface area (Å²) in [6, 6.07) is 18.7. The molecule has 4 rings (SSSR count). The summed E-state index contributed by atoms with van der Waals surface area (Å²) < 4.78 is 11.3. The number of amides is 1. The van der Waals surface area contributed by atoms with Gasteiger partial charge in [0.1, 0.15) is 11.3 Å². The van der Waals surface area contributed by atoms with Crippen LogP contribution in [0.2, 0.25) is 5.02 Å². The molecule has 0 unspecified atom stereocenters. The Morgan fingerprint density at radius 1 is 1.03 bits per heavy atom. The molecular formula is C24H21ClN2O3. The van der Waals surface area contributed by atoms with Crippen molar-refractivity contribution in [2.45, 2.75) is 20.4 Å².